The predicted molar refractivity (Wildman–Crippen MR) is 138 cm³/mol. The van der Waals surface area contributed by atoms with Gasteiger partial charge in [0.1, 0.15) is 11.5 Å². The molecule has 8 nitrogen and oxygen atoms in total. The minimum Gasteiger partial charge on any atom is -0.481 e. The fourth-order valence-electron chi connectivity index (χ4n) is 6.34. The van der Waals surface area contributed by atoms with Crippen LogP contribution in [-0.2, 0) is 11.8 Å². The number of fused-ring (bicyclic) bond motifs is 4. The van der Waals surface area contributed by atoms with Crippen molar-refractivity contribution in [1.29, 1.82) is 0 Å². The number of pyridine rings is 1. The quantitative estimate of drug-likeness (QED) is 0.387. The lowest BCUT2D eigenvalue weighted by Gasteiger charge is -2.30. The van der Waals surface area contributed by atoms with E-state index in [0.29, 0.717) is 28.6 Å². The zero-order valence-corrected chi connectivity index (χ0v) is 20.5. The van der Waals surface area contributed by atoms with Crippen molar-refractivity contribution in [2.45, 2.75) is 25.8 Å². The van der Waals surface area contributed by atoms with Crippen molar-refractivity contribution in [1.82, 2.24) is 24.5 Å². The number of aliphatic carboxylic acids is 1. The third-order valence-corrected chi connectivity index (χ3v) is 8.08. The number of halogens is 1. The normalized spacial score (nSPS) is 20.9. The topological polar surface area (TPSA) is 89.1 Å². The summed E-state index contributed by atoms with van der Waals surface area (Å²) in [4.78, 5) is 18.5. The molecule has 7 rings (SSSR count). The number of aryl methyl sites for hydroxylation is 2. The molecular weight excluding hydrogens is 471 g/mol. The number of carboxylic acids is 1. The third-order valence-electron chi connectivity index (χ3n) is 8.08. The highest BCUT2D eigenvalue weighted by atomic mass is 19.1. The van der Waals surface area contributed by atoms with E-state index in [1.54, 1.807) is 13.1 Å². The van der Waals surface area contributed by atoms with E-state index >= 15 is 4.39 Å². The highest BCUT2D eigenvalue weighted by molar-refractivity contribution is 6.03. The number of hydrogen-bond acceptors (Lipinski definition) is 5. The van der Waals surface area contributed by atoms with Gasteiger partial charge in [-0.3, -0.25) is 4.79 Å². The maximum Gasteiger partial charge on any atom is 0.306 e. The van der Waals surface area contributed by atoms with Crippen molar-refractivity contribution in [2.24, 2.45) is 18.9 Å². The molecule has 1 aliphatic heterocycles. The second-order valence-electron chi connectivity index (χ2n) is 10.2. The number of nitrogens with zero attached hydrogens (tertiary/aromatic N) is 6. The number of hydrogen-bond donors (Lipinski definition) is 1. The highest BCUT2D eigenvalue weighted by Crippen LogP contribution is 2.44. The summed E-state index contributed by atoms with van der Waals surface area (Å²) in [7, 11) is 1.60. The minimum atomic E-state index is -0.686. The summed E-state index contributed by atoms with van der Waals surface area (Å²) in [5, 5.41) is 20.1. The molecule has 2 bridgehead atoms. The predicted octanol–water partition coefficient (Wildman–Crippen LogP) is 4.72. The first kappa shape index (κ1) is 22.0. The Bertz CT molecular complexity index is 1710. The van der Waals surface area contributed by atoms with Crippen LogP contribution in [0.1, 0.15) is 18.4 Å². The monoisotopic (exact) mass is 496 g/mol. The van der Waals surface area contributed by atoms with Crippen LogP contribution in [0, 0.1) is 24.7 Å². The van der Waals surface area contributed by atoms with E-state index in [1.807, 2.05) is 60.3 Å². The Hall–Kier alpha value is -4.27. The van der Waals surface area contributed by atoms with Gasteiger partial charge in [-0.15, -0.1) is 0 Å². The van der Waals surface area contributed by atoms with Crippen molar-refractivity contribution < 1.29 is 14.3 Å². The van der Waals surface area contributed by atoms with Crippen molar-refractivity contribution >= 4 is 33.6 Å². The summed E-state index contributed by atoms with van der Waals surface area (Å²) in [6.07, 6.45) is 3.39. The maximum absolute atomic E-state index is 15.1. The van der Waals surface area contributed by atoms with Crippen molar-refractivity contribution in [2.75, 3.05) is 11.4 Å². The van der Waals surface area contributed by atoms with E-state index in [9.17, 15) is 9.90 Å². The molecule has 2 aliphatic rings. The number of piperidine rings is 1. The molecule has 186 valence electrons. The molecule has 1 N–H and O–H groups in total. The summed E-state index contributed by atoms with van der Waals surface area (Å²) in [6, 6.07) is 15.8. The Morgan fingerprint density at radius 2 is 1.92 bits per heavy atom. The molecule has 2 fully saturated rings. The van der Waals surface area contributed by atoms with E-state index in [1.165, 1.54) is 4.68 Å². The molecule has 3 atom stereocenters. The molecule has 9 heteroatoms. The van der Waals surface area contributed by atoms with Gasteiger partial charge in [-0.05, 0) is 49.4 Å². The van der Waals surface area contributed by atoms with Crippen molar-refractivity contribution in [3.8, 4) is 16.9 Å². The fourth-order valence-corrected chi connectivity index (χ4v) is 6.34. The van der Waals surface area contributed by atoms with Crippen LogP contribution < -0.4 is 4.90 Å². The molecule has 0 radical (unpaired) electrons. The zero-order chi connectivity index (χ0) is 25.4. The van der Waals surface area contributed by atoms with Gasteiger partial charge in [-0.1, -0.05) is 30.3 Å². The maximum atomic E-state index is 15.1. The Balaban J connectivity index is 1.31. The standard InChI is InChI=1S/C28H25FN6O2/c1-15-5-3-7-20-25(19-6-4-8-22-24(19)27(29)33(2)31-22)32-35(26(15)20)17-9-10-23(30-13-17)34-14-16-11-18(34)12-21(16)28(36)37/h3-10,13,16,18,21H,11-12,14H2,1-2H3,(H,36,37)/t16-,18-,21+/m0/s1. The van der Waals surface area contributed by atoms with Gasteiger partial charge in [0.2, 0.25) is 5.95 Å². The lowest BCUT2D eigenvalue weighted by atomic mass is 9.95. The molecule has 0 spiro atoms. The van der Waals surface area contributed by atoms with Crippen LogP contribution in [0.3, 0.4) is 0 Å². The van der Waals surface area contributed by atoms with Gasteiger partial charge in [0.25, 0.3) is 0 Å². The number of carbonyl (C=O) groups is 1. The van der Waals surface area contributed by atoms with Crippen LogP contribution in [0.4, 0.5) is 10.2 Å². The second kappa shape index (κ2) is 7.86. The van der Waals surface area contributed by atoms with Crippen LogP contribution in [0.2, 0.25) is 0 Å². The van der Waals surface area contributed by atoms with Crippen LogP contribution in [0.25, 0.3) is 38.8 Å². The molecule has 37 heavy (non-hydrogen) atoms. The van der Waals surface area contributed by atoms with Gasteiger partial charge in [0.05, 0.1) is 34.2 Å². The summed E-state index contributed by atoms with van der Waals surface area (Å²) in [5.74, 6) is -0.284. The average molecular weight is 497 g/mol. The number of rotatable bonds is 4. The molecule has 4 heterocycles. The number of carboxylic acid groups (broad SMARTS) is 1. The Morgan fingerprint density at radius 1 is 1.08 bits per heavy atom. The van der Waals surface area contributed by atoms with Gasteiger partial charge in [-0.2, -0.15) is 14.6 Å². The molecular formula is C28H25FN6O2. The van der Waals surface area contributed by atoms with Crippen LogP contribution in [0.15, 0.2) is 54.7 Å². The Kier molecular flexibility index (Phi) is 4.67. The van der Waals surface area contributed by atoms with Crippen LogP contribution in [0.5, 0.6) is 0 Å². The van der Waals surface area contributed by atoms with Gasteiger partial charge in [-0.25, -0.2) is 14.3 Å². The van der Waals surface area contributed by atoms with Crippen molar-refractivity contribution in [3.05, 3.63) is 66.2 Å². The molecule has 3 aromatic heterocycles. The van der Waals surface area contributed by atoms with Gasteiger partial charge in [0, 0.05) is 30.6 Å². The van der Waals surface area contributed by atoms with Gasteiger partial charge < -0.3 is 10.0 Å². The summed E-state index contributed by atoms with van der Waals surface area (Å²) < 4.78 is 18.2. The van der Waals surface area contributed by atoms with E-state index in [-0.39, 0.29) is 17.9 Å². The van der Waals surface area contributed by atoms with Crippen LogP contribution >= 0.6 is 0 Å². The fraction of sp³-hybridized carbons (Fsp3) is 0.286. The Morgan fingerprint density at radius 3 is 2.65 bits per heavy atom. The minimum absolute atomic E-state index is 0.180. The highest BCUT2D eigenvalue weighted by Gasteiger charge is 2.48. The molecule has 1 saturated heterocycles. The largest absolute Gasteiger partial charge is 0.481 e. The number of benzene rings is 2. The van der Waals surface area contributed by atoms with Gasteiger partial charge >= 0.3 is 5.97 Å². The Labute approximate surface area is 211 Å². The first-order valence-electron chi connectivity index (χ1n) is 12.5. The van der Waals surface area contributed by atoms with E-state index in [4.69, 9.17) is 10.1 Å². The summed E-state index contributed by atoms with van der Waals surface area (Å²) in [6.45, 7) is 2.76. The van der Waals surface area contributed by atoms with E-state index in [2.05, 4.69) is 10.00 Å². The van der Waals surface area contributed by atoms with Crippen molar-refractivity contribution in [3.63, 3.8) is 0 Å². The summed E-state index contributed by atoms with van der Waals surface area (Å²) in [5.41, 5.74) is 4.78. The smallest absolute Gasteiger partial charge is 0.306 e. The molecule has 2 aromatic carbocycles. The lowest BCUT2D eigenvalue weighted by molar-refractivity contribution is -0.143. The van der Waals surface area contributed by atoms with Gasteiger partial charge in [0.15, 0.2) is 0 Å². The first-order chi connectivity index (χ1) is 17.9. The van der Waals surface area contributed by atoms with E-state index in [0.717, 1.165) is 40.9 Å². The van der Waals surface area contributed by atoms with E-state index < -0.39 is 11.9 Å². The number of aromatic nitrogens is 5. The number of anilines is 1. The van der Waals surface area contributed by atoms with Crippen LogP contribution in [-0.4, -0.2) is 48.2 Å². The third kappa shape index (κ3) is 3.19. The molecule has 1 aliphatic carbocycles. The summed E-state index contributed by atoms with van der Waals surface area (Å²) >= 11 is 0. The molecule has 5 aromatic rings. The zero-order valence-electron chi connectivity index (χ0n) is 20.5. The lowest BCUT2D eigenvalue weighted by Crippen LogP contribution is -2.38. The second-order valence-corrected chi connectivity index (χ2v) is 10.2. The molecule has 1 saturated carbocycles. The first-order valence-corrected chi connectivity index (χ1v) is 12.5. The molecule has 0 amide bonds. The molecule has 0 unspecified atom stereocenters. The average Bonchev–Trinajstić information content (AvgIpc) is 3.66. The SMILES string of the molecule is Cc1cccc2c(-c3cccc4nn(C)c(F)c34)nn(-c3ccc(N4C[C@@H]5C[C@H]4C[C@H]5C(=O)O)nc3)c12. The number of para-hydroxylation sites is 1.